The van der Waals surface area contributed by atoms with Gasteiger partial charge in [0.25, 0.3) is 0 Å². The van der Waals surface area contributed by atoms with Crippen molar-refractivity contribution in [2.45, 2.75) is 12.2 Å². The molecular weight excluding hydrogens is 392 g/mol. The van der Waals surface area contributed by atoms with Crippen LogP contribution in [0.2, 0.25) is 0 Å². The molecule has 0 radical (unpaired) electrons. The van der Waals surface area contributed by atoms with Crippen LogP contribution in [0.25, 0.3) is 11.5 Å². The van der Waals surface area contributed by atoms with Gasteiger partial charge in [0.1, 0.15) is 28.8 Å². The molecule has 3 aromatic rings. The van der Waals surface area contributed by atoms with Gasteiger partial charge in [-0.2, -0.15) is 13.2 Å². The minimum Gasteiger partial charge on any atom is -0.377 e. The van der Waals surface area contributed by atoms with Crippen LogP contribution >= 0.6 is 0 Å². The van der Waals surface area contributed by atoms with Gasteiger partial charge in [-0.25, -0.2) is 19.3 Å². The first-order valence-corrected chi connectivity index (χ1v) is 8.52. The molecule has 0 bridgehead atoms. The Morgan fingerprint density at radius 3 is 2.48 bits per heavy atom. The number of nitrogens with zero attached hydrogens (tertiary/aromatic N) is 4. The van der Waals surface area contributed by atoms with Gasteiger partial charge in [0.05, 0.1) is 37.3 Å². The maximum Gasteiger partial charge on any atom is 0.433 e. The van der Waals surface area contributed by atoms with E-state index >= 15 is 0 Å². The van der Waals surface area contributed by atoms with Crippen molar-refractivity contribution < 1.29 is 22.3 Å². The Hall–Kier alpha value is -3.34. The van der Waals surface area contributed by atoms with E-state index in [0.29, 0.717) is 24.7 Å². The molecule has 1 aliphatic rings. The fraction of sp³-hybridized carbons (Fsp3) is 0.222. The third-order valence-corrected chi connectivity index (χ3v) is 3.96. The Bertz CT molecular complexity index is 1030. The molecule has 1 aliphatic heterocycles. The number of ether oxygens (including phenoxy) is 1. The van der Waals surface area contributed by atoms with Crippen molar-refractivity contribution in [1.29, 1.82) is 0 Å². The van der Waals surface area contributed by atoms with Crippen LogP contribution in [0.3, 0.4) is 0 Å². The summed E-state index contributed by atoms with van der Waals surface area (Å²) in [7, 11) is 0. The number of aromatic nitrogens is 4. The van der Waals surface area contributed by atoms with Crippen molar-refractivity contribution in [2.75, 3.05) is 23.8 Å². The van der Waals surface area contributed by atoms with Crippen molar-refractivity contribution >= 4 is 17.3 Å². The Balaban J connectivity index is 1.71. The lowest BCUT2D eigenvalue weighted by atomic mass is 10.2. The summed E-state index contributed by atoms with van der Waals surface area (Å²) in [5.74, 6) is 0.0423. The fourth-order valence-corrected chi connectivity index (χ4v) is 2.57. The van der Waals surface area contributed by atoms with E-state index in [0.717, 1.165) is 12.3 Å². The molecule has 0 unspecified atom stereocenters. The second kappa shape index (κ2) is 7.59. The third kappa shape index (κ3) is 4.57. The SMILES string of the molecule is Fc1cncc(Nc2cc(NC3COC3)nc(-c3cccc(C(F)(F)F)n3)n2)c1. The minimum absolute atomic E-state index is 0.0202. The second-order valence-corrected chi connectivity index (χ2v) is 6.26. The first kappa shape index (κ1) is 19.0. The molecule has 4 heterocycles. The van der Waals surface area contributed by atoms with Crippen LogP contribution in [0.1, 0.15) is 5.69 Å². The molecular formula is C18H14F4N6O. The normalized spacial score (nSPS) is 14.3. The molecule has 0 aromatic carbocycles. The van der Waals surface area contributed by atoms with Crippen LogP contribution in [0.4, 0.5) is 34.9 Å². The van der Waals surface area contributed by atoms with Crippen molar-refractivity contribution in [3.63, 3.8) is 0 Å². The highest BCUT2D eigenvalue weighted by Gasteiger charge is 2.32. The van der Waals surface area contributed by atoms with Crippen molar-refractivity contribution in [3.8, 4) is 11.5 Å². The molecule has 7 nitrogen and oxygen atoms in total. The van der Waals surface area contributed by atoms with Crippen molar-refractivity contribution in [1.82, 2.24) is 19.9 Å². The largest absolute Gasteiger partial charge is 0.433 e. The van der Waals surface area contributed by atoms with Crippen LogP contribution in [0, 0.1) is 5.82 Å². The summed E-state index contributed by atoms with van der Waals surface area (Å²) in [5.41, 5.74) is -0.772. The van der Waals surface area contributed by atoms with Crippen LogP contribution in [0.15, 0.2) is 42.7 Å². The van der Waals surface area contributed by atoms with E-state index in [4.69, 9.17) is 4.74 Å². The Labute approximate surface area is 162 Å². The van der Waals surface area contributed by atoms with E-state index in [1.54, 1.807) is 6.07 Å². The predicted octanol–water partition coefficient (Wildman–Crippen LogP) is 3.65. The van der Waals surface area contributed by atoms with Crippen LogP contribution in [-0.2, 0) is 10.9 Å². The number of rotatable bonds is 5. The van der Waals surface area contributed by atoms with E-state index in [1.165, 1.54) is 24.4 Å². The molecule has 4 rings (SSSR count). The van der Waals surface area contributed by atoms with Gasteiger partial charge in [-0.15, -0.1) is 0 Å². The van der Waals surface area contributed by atoms with Crippen LogP contribution < -0.4 is 10.6 Å². The number of alkyl halides is 3. The van der Waals surface area contributed by atoms with Gasteiger partial charge in [-0.3, -0.25) is 4.98 Å². The topological polar surface area (TPSA) is 84.9 Å². The van der Waals surface area contributed by atoms with Gasteiger partial charge in [0.15, 0.2) is 5.82 Å². The summed E-state index contributed by atoms with van der Waals surface area (Å²) in [5, 5.41) is 5.99. The summed E-state index contributed by atoms with van der Waals surface area (Å²) in [6.45, 7) is 0.968. The van der Waals surface area contributed by atoms with Gasteiger partial charge >= 0.3 is 6.18 Å². The molecule has 0 aliphatic carbocycles. The lowest BCUT2D eigenvalue weighted by Gasteiger charge is -2.27. The zero-order chi connectivity index (χ0) is 20.4. The average molecular weight is 406 g/mol. The zero-order valence-corrected chi connectivity index (χ0v) is 14.7. The first-order chi connectivity index (χ1) is 13.9. The molecule has 2 N–H and O–H groups in total. The predicted molar refractivity (Wildman–Crippen MR) is 96.0 cm³/mol. The molecule has 150 valence electrons. The fourth-order valence-electron chi connectivity index (χ4n) is 2.57. The maximum absolute atomic E-state index is 13.4. The highest BCUT2D eigenvalue weighted by Crippen LogP contribution is 2.29. The maximum atomic E-state index is 13.4. The number of nitrogens with one attached hydrogen (secondary N) is 2. The monoisotopic (exact) mass is 406 g/mol. The summed E-state index contributed by atoms with van der Waals surface area (Å²) in [6, 6.07) is 6.28. The molecule has 0 saturated carbocycles. The molecule has 1 saturated heterocycles. The second-order valence-electron chi connectivity index (χ2n) is 6.26. The van der Waals surface area contributed by atoms with Gasteiger partial charge in [0, 0.05) is 12.1 Å². The van der Waals surface area contributed by atoms with Gasteiger partial charge in [0.2, 0.25) is 0 Å². The molecule has 0 spiro atoms. The molecule has 0 atom stereocenters. The number of hydrogen-bond donors (Lipinski definition) is 2. The number of pyridine rings is 2. The number of anilines is 3. The van der Waals surface area contributed by atoms with Gasteiger partial charge in [-0.1, -0.05) is 6.07 Å². The molecule has 0 amide bonds. The summed E-state index contributed by atoms with van der Waals surface area (Å²) >= 11 is 0. The number of hydrogen-bond acceptors (Lipinski definition) is 7. The van der Waals surface area contributed by atoms with E-state index < -0.39 is 17.7 Å². The van der Waals surface area contributed by atoms with E-state index in [-0.39, 0.29) is 23.4 Å². The number of halogens is 4. The van der Waals surface area contributed by atoms with Gasteiger partial charge < -0.3 is 15.4 Å². The smallest absolute Gasteiger partial charge is 0.377 e. The summed E-state index contributed by atoms with van der Waals surface area (Å²) in [6.07, 6.45) is -2.16. The van der Waals surface area contributed by atoms with Crippen molar-refractivity contribution in [3.05, 3.63) is 54.2 Å². The average Bonchev–Trinajstić information content (AvgIpc) is 2.64. The Kier molecular flexibility index (Phi) is 4.97. The lowest BCUT2D eigenvalue weighted by Crippen LogP contribution is -2.40. The van der Waals surface area contributed by atoms with E-state index in [2.05, 4.69) is 30.6 Å². The van der Waals surface area contributed by atoms with Crippen LogP contribution in [-0.4, -0.2) is 39.2 Å². The van der Waals surface area contributed by atoms with E-state index in [9.17, 15) is 17.6 Å². The molecule has 3 aromatic heterocycles. The van der Waals surface area contributed by atoms with E-state index in [1.807, 2.05) is 0 Å². The standard InChI is InChI=1S/C18H14F4N6O/c19-10-4-11(7-23-6-10)24-15-5-16(25-12-8-29-9-12)28-17(27-15)13-2-1-3-14(26-13)18(20,21)22/h1-7,12H,8-9H2,(H2,24,25,27,28). The quantitative estimate of drug-likeness (QED) is 0.626. The highest BCUT2D eigenvalue weighted by atomic mass is 19.4. The van der Waals surface area contributed by atoms with Gasteiger partial charge in [-0.05, 0) is 12.1 Å². The minimum atomic E-state index is -4.59. The van der Waals surface area contributed by atoms with Crippen molar-refractivity contribution in [2.24, 2.45) is 0 Å². The zero-order valence-electron chi connectivity index (χ0n) is 14.7. The van der Waals surface area contributed by atoms with Crippen LogP contribution in [0.5, 0.6) is 0 Å². The Morgan fingerprint density at radius 2 is 1.79 bits per heavy atom. The summed E-state index contributed by atoms with van der Waals surface area (Å²) < 4.78 is 57.5. The lowest BCUT2D eigenvalue weighted by molar-refractivity contribution is -0.141. The highest BCUT2D eigenvalue weighted by molar-refractivity contribution is 5.63. The molecule has 1 fully saturated rings. The third-order valence-electron chi connectivity index (χ3n) is 3.96. The molecule has 29 heavy (non-hydrogen) atoms. The molecule has 11 heteroatoms. The Morgan fingerprint density at radius 1 is 1.00 bits per heavy atom. The summed E-state index contributed by atoms with van der Waals surface area (Å²) in [4.78, 5) is 15.9. The first-order valence-electron chi connectivity index (χ1n) is 8.52.